The molecule has 0 heterocycles. The first-order valence-corrected chi connectivity index (χ1v) is 9.93. The molecule has 0 saturated carbocycles. The first-order chi connectivity index (χ1) is 11.3. The first-order valence-electron chi connectivity index (χ1n) is 8.32. The Morgan fingerprint density at radius 2 is 1.80 bits per heavy atom. The van der Waals surface area contributed by atoms with Gasteiger partial charge in [-0.1, -0.05) is 37.6 Å². The number of aryl methyl sites for hydroxylation is 2. The molecule has 0 saturated heterocycles. The highest BCUT2D eigenvalue weighted by Crippen LogP contribution is 2.09. The lowest BCUT2D eigenvalue weighted by Crippen LogP contribution is -2.41. The van der Waals surface area contributed by atoms with E-state index in [1.165, 1.54) is 21.0 Å². The zero-order valence-electron chi connectivity index (χ0n) is 15.8. The molecule has 1 aromatic carbocycles. The largest absolute Gasteiger partial charge is 0.355 e. The van der Waals surface area contributed by atoms with Gasteiger partial charge in [-0.2, -0.15) is 0 Å². The van der Waals surface area contributed by atoms with Crippen LogP contribution in [0.3, 0.4) is 0 Å². The van der Waals surface area contributed by atoms with Crippen molar-refractivity contribution in [3.05, 3.63) is 34.9 Å². The Hall–Kier alpha value is -0.870. The summed E-state index contributed by atoms with van der Waals surface area (Å²) in [5.41, 5.74) is 3.65. The van der Waals surface area contributed by atoms with E-state index in [0.29, 0.717) is 32.1 Å². The van der Waals surface area contributed by atoms with E-state index in [2.05, 4.69) is 47.7 Å². The zero-order valence-corrected chi connectivity index (χ0v) is 18.9. The van der Waals surface area contributed by atoms with Crippen LogP contribution in [-0.2, 0) is 16.6 Å². The molecule has 8 heteroatoms. The summed E-state index contributed by atoms with van der Waals surface area (Å²) < 4.78 is 25.8. The molecule has 0 fully saturated rings. The van der Waals surface area contributed by atoms with Crippen molar-refractivity contribution in [1.82, 2.24) is 14.9 Å². The minimum absolute atomic E-state index is 0. The fraction of sp³-hybridized carbons (Fsp3) is 0.588. The van der Waals surface area contributed by atoms with Gasteiger partial charge in [0, 0.05) is 33.2 Å². The van der Waals surface area contributed by atoms with Crippen LogP contribution in [0.5, 0.6) is 0 Å². The van der Waals surface area contributed by atoms with Gasteiger partial charge in [0.1, 0.15) is 0 Å². The summed E-state index contributed by atoms with van der Waals surface area (Å²) in [6.45, 7) is 9.81. The van der Waals surface area contributed by atoms with Gasteiger partial charge in [0.25, 0.3) is 0 Å². The maximum atomic E-state index is 12.1. The van der Waals surface area contributed by atoms with Gasteiger partial charge < -0.3 is 10.6 Å². The minimum atomic E-state index is -3.22. The fourth-order valence-corrected chi connectivity index (χ4v) is 3.89. The molecule has 0 aliphatic rings. The van der Waals surface area contributed by atoms with Gasteiger partial charge in [-0.15, -0.1) is 24.0 Å². The fourth-order valence-electron chi connectivity index (χ4n) is 2.49. The standard InChI is InChI=1S/C17H30N4O2S.HI/c1-6-21(7-2)24(22,23)11-10-19-17(18-5)20-13-16-9-8-14(3)12-15(16)4;/h8-9,12H,6-7,10-11,13H2,1-5H3,(H2,18,19,20);1H. The molecule has 0 atom stereocenters. The molecule has 0 spiro atoms. The predicted octanol–water partition coefficient (Wildman–Crippen LogP) is 2.26. The minimum Gasteiger partial charge on any atom is -0.355 e. The van der Waals surface area contributed by atoms with Crippen molar-refractivity contribution in [2.45, 2.75) is 34.2 Å². The number of guanidine groups is 1. The Bertz CT molecular complexity index is 659. The van der Waals surface area contributed by atoms with Crippen molar-refractivity contribution in [3.8, 4) is 0 Å². The van der Waals surface area contributed by atoms with Crippen LogP contribution in [0.25, 0.3) is 0 Å². The molecule has 0 unspecified atom stereocenters. The van der Waals surface area contributed by atoms with Crippen molar-refractivity contribution in [3.63, 3.8) is 0 Å². The maximum absolute atomic E-state index is 12.1. The van der Waals surface area contributed by atoms with Crippen LogP contribution in [0.4, 0.5) is 0 Å². The number of hydrogen-bond acceptors (Lipinski definition) is 3. The molecule has 25 heavy (non-hydrogen) atoms. The molecule has 1 rings (SSSR count). The lowest BCUT2D eigenvalue weighted by Gasteiger charge is -2.19. The predicted molar refractivity (Wildman–Crippen MR) is 116 cm³/mol. The highest BCUT2D eigenvalue weighted by molar-refractivity contribution is 14.0. The van der Waals surface area contributed by atoms with E-state index in [0.717, 1.165) is 0 Å². The second-order valence-corrected chi connectivity index (χ2v) is 7.77. The van der Waals surface area contributed by atoms with Crippen LogP contribution in [0, 0.1) is 13.8 Å². The molecule has 0 aliphatic carbocycles. The van der Waals surface area contributed by atoms with Gasteiger partial charge >= 0.3 is 0 Å². The summed E-state index contributed by atoms with van der Waals surface area (Å²) in [6.07, 6.45) is 0. The van der Waals surface area contributed by atoms with E-state index < -0.39 is 10.0 Å². The van der Waals surface area contributed by atoms with E-state index in [1.54, 1.807) is 7.05 Å². The van der Waals surface area contributed by atoms with Gasteiger partial charge in [-0.25, -0.2) is 12.7 Å². The Morgan fingerprint density at radius 3 is 2.32 bits per heavy atom. The van der Waals surface area contributed by atoms with Crippen molar-refractivity contribution < 1.29 is 8.42 Å². The Labute approximate surface area is 169 Å². The van der Waals surface area contributed by atoms with Crippen LogP contribution >= 0.6 is 24.0 Å². The average molecular weight is 482 g/mol. The van der Waals surface area contributed by atoms with E-state index in [-0.39, 0.29) is 29.7 Å². The molecule has 2 N–H and O–H groups in total. The Kier molecular flexibility index (Phi) is 11.3. The number of hydrogen-bond donors (Lipinski definition) is 2. The summed E-state index contributed by atoms with van der Waals surface area (Å²) in [4.78, 5) is 4.14. The Morgan fingerprint density at radius 1 is 1.16 bits per heavy atom. The van der Waals surface area contributed by atoms with Crippen molar-refractivity contribution in [2.24, 2.45) is 4.99 Å². The third kappa shape index (κ3) is 7.91. The smallest absolute Gasteiger partial charge is 0.215 e. The molecule has 0 aliphatic heterocycles. The molecule has 144 valence electrons. The van der Waals surface area contributed by atoms with E-state index in [9.17, 15) is 8.42 Å². The topological polar surface area (TPSA) is 73.8 Å². The summed E-state index contributed by atoms with van der Waals surface area (Å²) in [6, 6.07) is 6.32. The van der Waals surface area contributed by atoms with Gasteiger partial charge in [-0.3, -0.25) is 4.99 Å². The monoisotopic (exact) mass is 482 g/mol. The number of nitrogens with zero attached hydrogens (tertiary/aromatic N) is 2. The summed E-state index contributed by atoms with van der Waals surface area (Å²) in [7, 11) is -1.54. The first kappa shape index (κ1) is 24.1. The molecular weight excluding hydrogens is 451 g/mol. The third-order valence-electron chi connectivity index (χ3n) is 3.92. The lowest BCUT2D eigenvalue weighted by molar-refractivity contribution is 0.445. The average Bonchev–Trinajstić information content (AvgIpc) is 2.52. The number of aliphatic imine (C=N–C) groups is 1. The van der Waals surface area contributed by atoms with Gasteiger partial charge in [0.05, 0.1) is 5.75 Å². The van der Waals surface area contributed by atoms with Gasteiger partial charge in [-0.05, 0) is 25.0 Å². The highest BCUT2D eigenvalue weighted by atomic mass is 127. The maximum Gasteiger partial charge on any atom is 0.215 e. The number of benzene rings is 1. The van der Waals surface area contributed by atoms with Crippen LogP contribution in [0.15, 0.2) is 23.2 Å². The van der Waals surface area contributed by atoms with Gasteiger partial charge in [0.15, 0.2) is 5.96 Å². The number of rotatable bonds is 8. The zero-order chi connectivity index (χ0) is 18.2. The second kappa shape index (κ2) is 11.7. The summed E-state index contributed by atoms with van der Waals surface area (Å²) in [5, 5.41) is 6.28. The van der Waals surface area contributed by atoms with Crippen LogP contribution in [0.2, 0.25) is 0 Å². The molecule has 6 nitrogen and oxygen atoms in total. The molecule has 0 bridgehead atoms. The number of nitrogens with one attached hydrogen (secondary N) is 2. The van der Waals surface area contributed by atoms with Crippen molar-refractivity contribution >= 4 is 40.0 Å². The number of sulfonamides is 1. The van der Waals surface area contributed by atoms with Crippen molar-refractivity contribution in [1.29, 1.82) is 0 Å². The van der Waals surface area contributed by atoms with Crippen LogP contribution in [0.1, 0.15) is 30.5 Å². The molecular formula is C17H31IN4O2S. The van der Waals surface area contributed by atoms with E-state index in [4.69, 9.17) is 0 Å². The van der Waals surface area contributed by atoms with E-state index in [1.807, 2.05) is 13.8 Å². The molecule has 0 radical (unpaired) electrons. The molecule has 0 aromatic heterocycles. The molecule has 0 amide bonds. The Balaban J connectivity index is 0.00000576. The van der Waals surface area contributed by atoms with E-state index >= 15 is 0 Å². The second-order valence-electron chi connectivity index (χ2n) is 5.68. The van der Waals surface area contributed by atoms with Crippen LogP contribution in [-0.4, -0.2) is 51.1 Å². The quantitative estimate of drug-likeness (QED) is 0.339. The normalized spacial score (nSPS) is 12.0. The third-order valence-corrected chi connectivity index (χ3v) is 5.94. The highest BCUT2D eigenvalue weighted by Gasteiger charge is 2.18. The van der Waals surface area contributed by atoms with Gasteiger partial charge in [0.2, 0.25) is 10.0 Å². The summed E-state index contributed by atoms with van der Waals surface area (Å²) in [5.74, 6) is 0.656. The summed E-state index contributed by atoms with van der Waals surface area (Å²) >= 11 is 0. The van der Waals surface area contributed by atoms with Crippen LogP contribution < -0.4 is 10.6 Å². The number of halogens is 1. The SMILES string of the molecule is CCN(CC)S(=O)(=O)CCNC(=NC)NCc1ccc(C)cc1C.I. The van der Waals surface area contributed by atoms with Crippen molar-refractivity contribution in [2.75, 3.05) is 32.4 Å². The molecule has 1 aromatic rings. The lowest BCUT2D eigenvalue weighted by atomic mass is 10.1.